The van der Waals surface area contributed by atoms with E-state index in [0.717, 1.165) is 53.0 Å². The number of ether oxygens (including phenoxy) is 2. The van der Waals surface area contributed by atoms with E-state index in [9.17, 15) is 4.79 Å². The number of benzene rings is 2. The second-order valence-electron chi connectivity index (χ2n) is 7.33. The van der Waals surface area contributed by atoms with Crippen LogP contribution in [0.1, 0.15) is 35.6 Å². The Morgan fingerprint density at radius 3 is 2.75 bits per heavy atom. The van der Waals surface area contributed by atoms with Crippen molar-refractivity contribution in [3.8, 4) is 11.5 Å². The number of fused-ring (bicyclic) bond motifs is 1. The van der Waals surface area contributed by atoms with E-state index in [1.54, 1.807) is 20.3 Å². The molecule has 0 N–H and O–H groups in total. The van der Waals surface area contributed by atoms with Gasteiger partial charge in [-0.25, -0.2) is 4.79 Å². The number of aryl methyl sites for hydroxylation is 1. The fraction of sp³-hybridized carbons (Fsp3) is 0.348. The molecule has 4 rings (SSSR count). The van der Waals surface area contributed by atoms with Gasteiger partial charge in [-0.3, -0.25) is 4.90 Å². The molecule has 28 heavy (non-hydrogen) atoms. The Morgan fingerprint density at radius 2 is 1.96 bits per heavy atom. The lowest BCUT2D eigenvalue weighted by Gasteiger charge is -2.27. The molecule has 1 aliphatic heterocycles. The third-order valence-electron chi connectivity index (χ3n) is 5.52. The first kappa shape index (κ1) is 18.6. The van der Waals surface area contributed by atoms with Crippen LogP contribution in [0.15, 0.2) is 51.7 Å². The maximum Gasteiger partial charge on any atom is 0.336 e. The average Bonchev–Trinajstić information content (AvgIpc) is 3.14. The van der Waals surface area contributed by atoms with E-state index in [2.05, 4.69) is 17.0 Å². The predicted octanol–water partition coefficient (Wildman–Crippen LogP) is 4.46. The smallest absolute Gasteiger partial charge is 0.336 e. The Kier molecular flexibility index (Phi) is 5.09. The van der Waals surface area contributed by atoms with Crippen molar-refractivity contribution in [3.05, 3.63) is 69.6 Å². The summed E-state index contributed by atoms with van der Waals surface area (Å²) in [4.78, 5) is 14.5. The SMILES string of the molecule is COc1ccc(OC)c([C@@H]2CCCN2Cc2cc(=O)oc3cc(C)ccc23)c1. The Labute approximate surface area is 164 Å². The van der Waals surface area contributed by atoms with E-state index in [4.69, 9.17) is 13.9 Å². The highest BCUT2D eigenvalue weighted by atomic mass is 16.5. The molecule has 0 amide bonds. The molecule has 1 fully saturated rings. The monoisotopic (exact) mass is 379 g/mol. The summed E-state index contributed by atoms with van der Waals surface area (Å²) in [5.74, 6) is 1.69. The average molecular weight is 379 g/mol. The normalized spacial score (nSPS) is 17.2. The number of likely N-dealkylation sites (tertiary alicyclic amines) is 1. The first-order chi connectivity index (χ1) is 13.6. The summed E-state index contributed by atoms with van der Waals surface area (Å²) >= 11 is 0. The summed E-state index contributed by atoms with van der Waals surface area (Å²) in [6.45, 7) is 3.66. The zero-order valence-corrected chi connectivity index (χ0v) is 16.5. The number of hydrogen-bond acceptors (Lipinski definition) is 5. The Morgan fingerprint density at radius 1 is 1.11 bits per heavy atom. The van der Waals surface area contributed by atoms with Crippen molar-refractivity contribution in [3.63, 3.8) is 0 Å². The zero-order chi connectivity index (χ0) is 19.7. The number of nitrogens with zero attached hydrogens (tertiary/aromatic N) is 1. The minimum absolute atomic E-state index is 0.220. The van der Waals surface area contributed by atoms with Crippen LogP contribution >= 0.6 is 0 Å². The fourth-order valence-corrected chi connectivity index (χ4v) is 4.15. The van der Waals surface area contributed by atoms with E-state index in [1.807, 2.05) is 31.2 Å². The molecule has 1 saturated heterocycles. The molecular weight excluding hydrogens is 354 g/mol. The molecule has 1 aromatic heterocycles. The van der Waals surface area contributed by atoms with E-state index < -0.39 is 0 Å². The van der Waals surface area contributed by atoms with Gasteiger partial charge in [-0.2, -0.15) is 0 Å². The molecular formula is C23H25NO4. The molecule has 1 aliphatic rings. The molecule has 5 heteroatoms. The highest BCUT2D eigenvalue weighted by Crippen LogP contribution is 2.40. The zero-order valence-electron chi connectivity index (χ0n) is 16.5. The molecule has 146 valence electrons. The first-order valence-corrected chi connectivity index (χ1v) is 9.58. The quantitative estimate of drug-likeness (QED) is 0.613. The van der Waals surface area contributed by atoms with E-state index in [0.29, 0.717) is 12.1 Å². The lowest BCUT2D eigenvalue weighted by Crippen LogP contribution is -2.24. The molecule has 0 aliphatic carbocycles. The molecule has 2 heterocycles. The summed E-state index contributed by atoms with van der Waals surface area (Å²) < 4.78 is 16.5. The van der Waals surface area contributed by atoms with Crippen LogP contribution in [0.25, 0.3) is 11.0 Å². The fourth-order valence-electron chi connectivity index (χ4n) is 4.15. The molecule has 3 aromatic rings. The van der Waals surface area contributed by atoms with Crippen molar-refractivity contribution in [1.82, 2.24) is 4.90 Å². The van der Waals surface area contributed by atoms with E-state index in [1.165, 1.54) is 0 Å². The van der Waals surface area contributed by atoms with Crippen LogP contribution < -0.4 is 15.1 Å². The molecule has 2 aromatic carbocycles. The standard InChI is InChI=1S/C23H25NO4/c1-15-6-8-18-16(12-23(25)28-22(18)11-15)14-24-10-4-5-20(24)19-13-17(26-2)7-9-21(19)27-3/h6-9,11-13,20H,4-5,10,14H2,1-3H3/t20-/m0/s1. The highest BCUT2D eigenvalue weighted by Gasteiger charge is 2.29. The predicted molar refractivity (Wildman–Crippen MR) is 109 cm³/mol. The van der Waals surface area contributed by atoms with Crippen molar-refractivity contribution in [2.24, 2.45) is 0 Å². The lowest BCUT2D eigenvalue weighted by atomic mass is 10.0. The topological polar surface area (TPSA) is 51.9 Å². The summed E-state index contributed by atoms with van der Waals surface area (Å²) in [5, 5.41) is 0.994. The van der Waals surface area contributed by atoms with Crippen LogP contribution in [0.2, 0.25) is 0 Å². The maximum atomic E-state index is 12.1. The number of rotatable bonds is 5. The largest absolute Gasteiger partial charge is 0.497 e. The van der Waals surface area contributed by atoms with Crippen molar-refractivity contribution >= 4 is 11.0 Å². The van der Waals surface area contributed by atoms with Gasteiger partial charge in [0.05, 0.1) is 14.2 Å². The van der Waals surface area contributed by atoms with Crippen molar-refractivity contribution in [2.45, 2.75) is 32.4 Å². The number of hydrogen-bond donors (Lipinski definition) is 0. The molecule has 0 spiro atoms. The van der Waals surface area contributed by atoms with Crippen molar-refractivity contribution in [2.75, 3.05) is 20.8 Å². The highest BCUT2D eigenvalue weighted by molar-refractivity contribution is 5.80. The minimum Gasteiger partial charge on any atom is -0.497 e. The van der Waals surface area contributed by atoms with Crippen LogP contribution in [0, 0.1) is 6.92 Å². The van der Waals surface area contributed by atoms with Gasteiger partial charge >= 0.3 is 5.63 Å². The molecule has 0 bridgehead atoms. The van der Waals surface area contributed by atoms with Gasteiger partial charge in [0.25, 0.3) is 0 Å². The first-order valence-electron chi connectivity index (χ1n) is 9.58. The summed E-state index contributed by atoms with van der Waals surface area (Å²) in [6.07, 6.45) is 2.14. The summed E-state index contributed by atoms with van der Waals surface area (Å²) in [6, 6.07) is 13.8. The Bertz CT molecular complexity index is 1060. The molecule has 0 unspecified atom stereocenters. The summed E-state index contributed by atoms with van der Waals surface area (Å²) in [7, 11) is 3.37. The van der Waals surface area contributed by atoms with Gasteiger partial charge in [-0.05, 0) is 61.7 Å². The third kappa shape index (κ3) is 3.50. The minimum atomic E-state index is -0.303. The van der Waals surface area contributed by atoms with Crippen LogP contribution in [-0.4, -0.2) is 25.7 Å². The van der Waals surface area contributed by atoms with Crippen LogP contribution in [-0.2, 0) is 6.54 Å². The van der Waals surface area contributed by atoms with Gasteiger partial charge in [-0.1, -0.05) is 12.1 Å². The lowest BCUT2D eigenvalue weighted by molar-refractivity contribution is 0.243. The van der Waals surface area contributed by atoms with Crippen molar-refractivity contribution < 1.29 is 13.9 Å². The molecule has 0 saturated carbocycles. The van der Waals surface area contributed by atoms with Gasteiger partial charge in [-0.15, -0.1) is 0 Å². The Balaban J connectivity index is 1.71. The molecule has 5 nitrogen and oxygen atoms in total. The number of methoxy groups -OCH3 is 2. The van der Waals surface area contributed by atoms with Crippen LogP contribution in [0.3, 0.4) is 0 Å². The van der Waals surface area contributed by atoms with Gasteiger partial charge in [0.1, 0.15) is 17.1 Å². The van der Waals surface area contributed by atoms with Gasteiger partial charge in [0, 0.05) is 29.6 Å². The van der Waals surface area contributed by atoms with E-state index >= 15 is 0 Å². The maximum absolute atomic E-state index is 12.1. The van der Waals surface area contributed by atoms with Crippen LogP contribution in [0.5, 0.6) is 11.5 Å². The van der Waals surface area contributed by atoms with Gasteiger partial charge in [0.2, 0.25) is 0 Å². The van der Waals surface area contributed by atoms with Gasteiger partial charge < -0.3 is 13.9 Å². The second kappa shape index (κ2) is 7.68. The Hall–Kier alpha value is -2.79. The third-order valence-corrected chi connectivity index (χ3v) is 5.52. The summed E-state index contributed by atoms with van der Waals surface area (Å²) in [5.41, 5.74) is 3.55. The van der Waals surface area contributed by atoms with E-state index in [-0.39, 0.29) is 11.7 Å². The van der Waals surface area contributed by atoms with Crippen LogP contribution in [0.4, 0.5) is 0 Å². The molecule has 1 atom stereocenters. The van der Waals surface area contributed by atoms with Crippen molar-refractivity contribution in [1.29, 1.82) is 0 Å². The molecule has 0 radical (unpaired) electrons. The van der Waals surface area contributed by atoms with Gasteiger partial charge in [0.15, 0.2) is 0 Å². The second-order valence-corrected chi connectivity index (χ2v) is 7.33.